The molecule has 3 unspecified atom stereocenters. The Kier molecular flexibility index (Phi) is 4.95. The van der Waals surface area contributed by atoms with Gasteiger partial charge in [-0.05, 0) is 31.1 Å². The molecule has 0 heterocycles. The summed E-state index contributed by atoms with van der Waals surface area (Å²) in [5, 5.41) is 3.15. The zero-order chi connectivity index (χ0) is 13.0. The summed E-state index contributed by atoms with van der Waals surface area (Å²) in [7, 11) is 0. The number of nitrogens with one attached hydrogen (secondary N) is 1. The third-order valence-corrected chi connectivity index (χ3v) is 4.93. The van der Waals surface area contributed by atoms with Crippen LogP contribution < -0.4 is 5.32 Å². The molecule has 0 spiro atoms. The van der Waals surface area contributed by atoms with Crippen molar-refractivity contribution in [3.8, 4) is 0 Å². The van der Waals surface area contributed by atoms with Crippen molar-refractivity contribution in [2.75, 3.05) is 6.26 Å². The second kappa shape index (κ2) is 6.48. The Morgan fingerprint density at radius 3 is 2.72 bits per heavy atom. The van der Waals surface area contributed by atoms with Crippen molar-refractivity contribution in [2.45, 2.75) is 35.9 Å². The van der Waals surface area contributed by atoms with Crippen LogP contribution in [0.2, 0.25) is 0 Å². The molecule has 0 aliphatic heterocycles. The van der Waals surface area contributed by atoms with Crippen LogP contribution in [0.1, 0.15) is 30.2 Å². The molecular weight excluding hydrogens is 266 g/mol. The number of hydrogen-bond acceptors (Lipinski definition) is 2. The van der Waals surface area contributed by atoms with E-state index in [2.05, 4.69) is 11.6 Å². The molecule has 1 saturated carbocycles. The number of alkyl halides is 1. The summed E-state index contributed by atoms with van der Waals surface area (Å²) in [5.74, 6) is -0.0744. The molecule has 1 N–H and O–H groups in total. The van der Waals surface area contributed by atoms with Gasteiger partial charge < -0.3 is 5.32 Å². The highest BCUT2D eigenvalue weighted by Crippen LogP contribution is 2.29. The summed E-state index contributed by atoms with van der Waals surface area (Å²) in [5.41, 5.74) is 0.857. The molecule has 0 radical (unpaired) electrons. The Bertz CT molecular complexity index is 398. The molecule has 2 rings (SSSR count). The molecule has 1 fully saturated rings. The fraction of sp³-hybridized carbons (Fsp3) is 0.500. The first-order chi connectivity index (χ1) is 8.70. The van der Waals surface area contributed by atoms with Crippen LogP contribution >= 0.6 is 23.4 Å². The number of rotatable bonds is 4. The highest BCUT2D eigenvalue weighted by Gasteiger charge is 2.27. The van der Waals surface area contributed by atoms with Crippen molar-refractivity contribution in [1.29, 1.82) is 0 Å². The van der Waals surface area contributed by atoms with Gasteiger partial charge in [-0.15, -0.1) is 11.6 Å². The van der Waals surface area contributed by atoms with Gasteiger partial charge in [-0.1, -0.05) is 30.3 Å². The van der Waals surface area contributed by atoms with Crippen molar-refractivity contribution in [3.05, 3.63) is 35.9 Å². The normalized spacial score (nSPS) is 24.8. The first-order valence-corrected chi connectivity index (χ1v) is 7.95. The molecule has 1 amide bonds. The van der Waals surface area contributed by atoms with E-state index in [0.29, 0.717) is 11.3 Å². The minimum Gasteiger partial charge on any atom is -0.352 e. The van der Waals surface area contributed by atoms with E-state index >= 15 is 0 Å². The van der Waals surface area contributed by atoms with E-state index in [0.717, 1.165) is 18.4 Å². The second-order valence-electron chi connectivity index (χ2n) is 4.65. The van der Waals surface area contributed by atoms with Crippen LogP contribution in [0.3, 0.4) is 0 Å². The number of thioether (sulfide) groups is 1. The Morgan fingerprint density at radius 2 is 2.11 bits per heavy atom. The lowest BCUT2D eigenvalue weighted by Crippen LogP contribution is -2.35. The van der Waals surface area contributed by atoms with E-state index in [1.165, 1.54) is 6.42 Å². The molecule has 1 aromatic rings. The number of halogens is 1. The SMILES string of the molecule is CSC1CCC(NC(=O)C(Cl)c2ccccc2)C1. The van der Waals surface area contributed by atoms with Crippen LogP contribution in [-0.4, -0.2) is 23.5 Å². The third kappa shape index (κ3) is 3.42. The Hall–Kier alpha value is -0.670. The lowest BCUT2D eigenvalue weighted by atomic mass is 10.1. The molecule has 4 heteroatoms. The van der Waals surface area contributed by atoms with Gasteiger partial charge in [0.1, 0.15) is 5.38 Å². The number of benzene rings is 1. The van der Waals surface area contributed by atoms with Crippen molar-refractivity contribution in [3.63, 3.8) is 0 Å². The highest BCUT2D eigenvalue weighted by molar-refractivity contribution is 7.99. The van der Waals surface area contributed by atoms with Crippen molar-refractivity contribution in [1.82, 2.24) is 5.32 Å². The average Bonchev–Trinajstić information content (AvgIpc) is 2.86. The lowest BCUT2D eigenvalue weighted by Gasteiger charge is -2.16. The fourth-order valence-electron chi connectivity index (χ4n) is 2.33. The number of carbonyl (C=O) groups excluding carboxylic acids is 1. The molecule has 1 aliphatic carbocycles. The summed E-state index contributed by atoms with van der Waals surface area (Å²) in [4.78, 5) is 12.0. The van der Waals surface area contributed by atoms with Crippen LogP contribution in [0.4, 0.5) is 0 Å². The Balaban J connectivity index is 1.89. The Labute approximate surface area is 117 Å². The maximum Gasteiger partial charge on any atom is 0.242 e. The van der Waals surface area contributed by atoms with Gasteiger partial charge >= 0.3 is 0 Å². The summed E-state index contributed by atoms with van der Waals surface area (Å²) in [6.45, 7) is 0. The average molecular weight is 284 g/mol. The van der Waals surface area contributed by atoms with Gasteiger partial charge in [-0.2, -0.15) is 11.8 Å². The topological polar surface area (TPSA) is 29.1 Å². The van der Waals surface area contributed by atoms with Gasteiger partial charge in [-0.3, -0.25) is 4.79 Å². The second-order valence-corrected chi connectivity index (χ2v) is 6.22. The van der Waals surface area contributed by atoms with Gasteiger partial charge in [0.15, 0.2) is 0 Å². The number of carbonyl (C=O) groups is 1. The third-order valence-electron chi connectivity index (χ3n) is 3.39. The predicted octanol–water partition coefficient (Wildman–Crippen LogP) is 3.37. The molecule has 3 atom stereocenters. The van der Waals surface area contributed by atoms with E-state index in [1.54, 1.807) is 0 Å². The zero-order valence-corrected chi connectivity index (χ0v) is 12.0. The van der Waals surface area contributed by atoms with Crippen molar-refractivity contribution < 1.29 is 4.79 Å². The molecule has 2 nitrogen and oxygen atoms in total. The molecule has 0 aromatic heterocycles. The van der Waals surface area contributed by atoms with Crippen molar-refractivity contribution in [2.24, 2.45) is 0 Å². The van der Waals surface area contributed by atoms with Crippen LogP contribution in [0.5, 0.6) is 0 Å². The minimum absolute atomic E-state index is 0.0744. The summed E-state index contributed by atoms with van der Waals surface area (Å²) in [6, 6.07) is 9.78. The molecule has 0 bridgehead atoms. The quantitative estimate of drug-likeness (QED) is 0.859. The molecule has 0 saturated heterocycles. The van der Waals surface area contributed by atoms with Gasteiger partial charge in [0.2, 0.25) is 5.91 Å². The van der Waals surface area contributed by atoms with Gasteiger partial charge in [0.25, 0.3) is 0 Å². The molecule has 1 aliphatic rings. The standard InChI is InChI=1S/C14H18ClNOS/c1-18-12-8-7-11(9-12)16-14(17)13(15)10-5-3-2-4-6-10/h2-6,11-13H,7-9H2,1H3,(H,16,17). The zero-order valence-electron chi connectivity index (χ0n) is 10.4. The van der Waals surface area contributed by atoms with E-state index in [-0.39, 0.29) is 5.91 Å². The van der Waals surface area contributed by atoms with Crippen molar-refractivity contribution >= 4 is 29.3 Å². The predicted molar refractivity (Wildman–Crippen MR) is 78.1 cm³/mol. The highest BCUT2D eigenvalue weighted by atomic mass is 35.5. The van der Waals surface area contributed by atoms with E-state index < -0.39 is 5.38 Å². The summed E-state index contributed by atoms with van der Waals surface area (Å²) < 4.78 is 0. The maximum absolute atomic E-state index is 12.0. The maximum atomic E-state index is 12.0. The largest absolute Gasteiger partial charge is 0.352 e. The van der Waals surface area contributed by atoms with E-state index in [9.17, 15) is 4.79 Å². The Morgan fingerprint density at radius 1 is 1.39 bits per heavy atom. The van der Waals surface area contributed by atoms with Gasteiger partial charge in [0.05, 0.1) is 0 Å². The minimum atomic E-state index is -0.584. The van der Waals surface area contributed by atoms with E-state index in [1.807, 2.05) is 42.1 Å². The first kappa shape index (κ1) is 13.8. The van der Waals surface area contributed by atoms with E-state index in [4.69, 9.17) is 11.6 Å². The summed E-state index contributed by atoms with van der Waals surface area (Å²) in [6.07, 6.45) is 5.44. The van der Waals surface area contributed by atoms with Gasteiger partial charge in [0, 0.05) is 11.3 Å². The van der Waals surface area contributed by atoms with Crippen LogP contribution in [0.15, 0.2) is 30.3 Å². The monoisotopic (exact) mass is 283 g/mol. The van der Waals surface area contributed by atoms with Crippen LogP contribution in [0, 0.1) is 0 Å². The fourth-order valence-corrected chi connectivity index (χ4v) is 3.34. The molecular formula is C14H18ClNOS. The molecule has 18 heavy (non-hydrogen) atoms. The first-order valence-electron chi connectivity index (χ1n) is 6.23. The summed E-state index contributed by atoms with van der Waals surface area (Å²) >= 11 is 8.07. The smallest absolute Gasteiger partial charge is 0.242 e. The van der Waals surface area contributed by atoms with Crippen LogP contribution in [0.25, 0.3) is 0 Å². The van der Waals surface area contributed by atoms with Gasteiger partial charge in [-0.25, -0.2) is 0 Å². The molecule has 1 aromatic carbocycles. The van der Waals surface area contributed by atoms with Crippen LogP contribution in [-0.2, 0) is 4.79 Å². The number of amides is 1. The molecule has 98 valence electrons. The number of hydrogen-bond donors (Lipinski definition) is 1. The lowest BCUT2D eigenvalue weighted by molar-refractivity contribution is -0.121.